The molecule has 0 fully saturated rings. The Bertz CT molecular complexity index is 491. The van der Waals surface area contributed by atoms with Crippen LogP contribution in [0, 0.1) is 0 Å². The molecule has 4 nitrogen and oxygen atoms in total. The molecule has 6 heteroatoms. The second kappa shape index (κ2) is 4.55. The van der Waals surface area contributed by atoms with Gasteiger partial charge in [-0.05, 0) is 12.1 Å². The fraction of sp³-hybridized carbons (Fsp3) is 0. The molecule has 0 radical (unpaired) electrons. The highest BCUT2D eigenvalue weighted by molar-refractivity contribution is 6.40. The molecule has 0 unspecified atom stereocenters. The van der Waals surface area contributed by atoms with Gasteiger partial charge in [-0.3, -0.25) is 9.89 Å². The number of H-pyrrole nitrogens is 1. The highest BCUT2D eigenvalue weighted by atomic mass is 35.5. The first-order valence-electron chi connectivity index (χ1n) is 4.42. The van der Waals surface area contributed by atoms with Gasteiger partial charge in [0.25, 0.3) is 5.91 Å². The van der Waals surface area contributed by atoms with E-state index in [4.69, 9.17) is 23.2 Å². The Balaban J connectivity index is 2.28. The molecule has 0 aliphatic rings. The van der Waals surface area contributed by atoms with Crippen molar-refractivity contribution in [1.82, 2.24) is 10.2 Å². The van der Waals surface area contributed by atoms with Gasteiger partial charge >= 0.3 is 0 Å². The molecule has 0 saturated heterocycles. The monoisotopic (exact) mass is 255 g/mol. The van der Waals surface area contributed by atoms with Crippen LogP contribution >= 0.6 is 23.2 Å². The van der Waals surface area contributed by atoms with Crippen LogP contribution in [0.4, 0.5) is 5.69 Å². The van der Waals surface area contributed by atoms with E-state index >= 15 is 0 Å². The fourth-order valence-corrected chi connectivity index (χ4v) is 1.80. The zero-order chi connectivity index (χ0) is 11.5. The third kappa shape index (κ3) is 2.18. The molecule has 82 valence electrons. The average molecular weight is 256 g/mol. The summed E-state index contributed by atoms with van der Waals surface area (Å²) in [5.41, 5.74) is 0.813. The lowest BCUT2D eigenvalue weighted by Crippen LogP contribution is -2.12. The van der Waals surface area contributed by atoms with Gasteiger partial charge in [-0.15, -0.1) is 0 Å². The molecular weight excluding hydrogens is 249 g/mol. The van der Waals surface area contributed by atoms with Gasteiger partial charge in [0.15, 0.2) is 0 Å². The van der Waals surface area contributed by atoms with E-state index in [9.17, 15) is 4.79 Å². The molecule has 2 aromatic rings. The number of nitrogens with one attached hydrogen (secondary N) is 2. The molecule has 1 heterocycles. The zero-order valence-electron chi connectivity index (χ0n) is 8.00. The van der Waals surface area contributed by atoms with Gasteiger partial charge in [-0.2, -0.15) is 5.10 Å². The highest BCUT2D eigenvalue weighted by Crippen LogP contribution is 2.24. The molecule has 2 N–H and O–H groups in total. The molecule has 0 aliphatic carbocycles. The first kappa shape index (κ1) is 11.0. The van der Waals surface area contributed by atoms with Crippen molar-refractivity contribution < 1.29 is 4.79 Å². The topological polar surface area (TPSA) is 57.8 Å². The number of nitrogens with zero attached hydrogens (tertiary/aromatic N) is 1. The van der Waals surface area contributed by atoms with E-state index in [0.29, 0.717) is 15.7 Å². The van der Waals surface area contributed by atoms with Crippen LogP contribution in [0.25, 0.3) is 0 Å². The Morgan fingerprint density at radius 3 is 2.56 bits per heavy atom. The highest BCUT2D eigenvalue weighted by Gasteiger charge is 2.14. The normalized spacial score (nSPS) is 10.1. The lowest BCUT2D eigenvalue weighted by Gasteiger charge is -2.06. The predicted octanol–water partition coefficient (Wildman–Crippen LogP) is 2.97. The Labute approximate surface area is 102 Å². The van der Waals surface area contributed by atoms with E-state index in [2.05, 4.69) is 15.5 Å². The lowest BCUT2D eigenvalue weighted by atomic mass is 10.2. The van der Waals surface area contributed by atoms with Gasteiger partial charge in [-0.25, -0.2) is 0 Å². The Kier molecular flexibility index (Phi) is 3.12. The molecule has 0 saturated carbocycles. The van der Waals surface area contributed by atoms with Gasteiger partial charge in [0, 0.05) is 6.20 Å². The van der Waals surface area contributed by atoms with Crippen LogP contribution in [-0.2, 0) is 0 Å². The summed E-state index contributed by atoms with van der Waals surface area (Å²) < 4.78 is 0. The van der Waals surface area contributed by atoms with Crippen molar-refractivity contribution in [2.45, 2.75) is 0 Å². The summed E-state index contributed by atoms with van der Waals surface area (Å²) >= 11 is 11.8. The van der Waals surface area contributed by atoms with Crippen LogP contribution in [0.5, 0.6) is 0 Å². The molecule has 16 heavy (non-hydrogen) atoms. The van der Waals surface area contributed by atoms with Gasteiger partial charge in [-0.1, -0.05) is 29.3 Å². The largest absolute Gasteiger partial charge is 0.319 e. The smallest absolute Gasteiger partial charge is 0.258 e. The van der Waals surface area contributed by atoms with Crippen LogP contribution in [0.1, 0.15) is 10.4 Å². The number of halogens is 2. The standard InChI is InChI=1S/C10H7Cl2N3O/c11-7-2-1-3-8(12)9(7)10(16)15-6-4-13-14-5-6/h1-5H,(H,13,14)(H,15,16). The number of aromatic amines is 1. The Morgan fingerprint density at radius 1 is 1.31 bits per heavy atom. The minimum atomic E-state index is -0.364. The van der Waals surface area contributed by atoms with Crippen LogP contribution in [-0.4, -0.2) is 16.1 Å². The van der Waals surface area contributed by atoms with Crippen LogP contribution in [0.15, 0.2) is 30.6 Å². The Morgan fingerprint density at radius 2 is 2.00 bits per heavy atom. The SMILES string of the molecule is O=C(Nc1cn[nH]c1)c1c(Cl)cccc1Cl. The summed E-state index contributed by atoms with van der Waals surface area (Å²) in [4.78, 5) is 11.8. The second-order valence-electron chi connectivity index (χ2n) is 3.04. The molecule has 1 aromatic carbocycles. The molecule has 0 spiro atoms. The predicted molar refractivity (Wildman–Crippen MR) is 63.0 cm³/mol. The summed E-state index contributed by atoms with van der Waals surface area (Å²) in [6.07, 6.45) is 3.05. The van der Waals surface area contributed by atoms with Crippen molar-refractivity contribution >= 4 is 34.8 Å². The maximum Gasteiger partial charge on any atom is 0.258 e. The summed E-state index contributed by atoms with van der Waals surface area (Å²) in [5.74, 6) is -0.364. The number of hydrogen-bond donors (Lipinski definition) is 2. The van der Waals surface area contributed by atoms with Crippen molar-refractivity contribution in [2.24, 2.45) is 0 Å². The third-order valence-corrected chi connectivity index (χ3v) is 2.58. The number of carbonyl (C=O) groups excluding carboxylic acids is 1. The van der Waals surface area contributed by atoms with Crippen LogP contribution in [0.3, 0.4) is 0 Å². The number of benzene rings is 1. The molecule has 1 aromatic heterocycles. The van der Waals surface area contributed by atoms with Crippen molar-refractivity contribution in [3.63, 3.8) is 0 Å². The van der Waals surface area contributed by atoms with Crippen molar-refractivity contribution in [1.29, 1.82) is 0 Å². The minimum Gasteiger partial charge on any atom is -0.319 e. The summed E-state index contributed by atoms with van der Waals surface area (Å²) in [6, 6.07) is 4.90. The first-order valence-corrected chi connectivity index (χ1v) is 5.18. The number of carbonyl (C=O) groups is 1. The molecule has 1 amide bonds. The zero-order valence-corrected chi connectivity index (χ0v) is 9.51. The lowest BCUT2D eigenvalue weighted by molar-refractivity contribution is 0.102. The molecule has 0 atom stereocenters. The van der Waals surface area contributed by atoms with Crippen molar-refractivity contribution in [3.8, 4) is 0 Å². The third-order valence-electron chi connectivity index (χ3n) is 1.95. The van der Waals surface area contributed by atoms with E-state index in [-0.39, 0.29) is 11.5 Å². The maximum atomic E-state index is 11.8. The number of hydrogen-bond acceptors (Lipinski definition) is 2. The molecule has 0 bridgehead atoms. The van der Waals surface area contributed by atoms with E-state index in [1.807, 2.05) is 0 Å². The summed E-state index contributed by atoms with van der Waals surface area (Å²) in [6.45, 7) is 0. The molecular formula is C10H7Cl2N3O. The molecule has 2 rings (SSSR count). The van der Waals surface area contributed by atoms with Crippen molar-refractivity contribution in [2.75, 3.05) is 5.32 Å². The van der Waals surface area contributed by atoms with Gasteiger partial charge < -0.3 is 5.32 Å². The van der Waals surface area contributed by atoms with E-state index < -0.39 is 0 Å². The van der Waals surface area contributed by atoms with E-state index in [0.717, 1.165) is 0 Å². The Hall–Kier alpha value is -1.52. The van der Waals surface area contributed by atoms with Gasteiger partial charge in [0.05, 0.1) is 27.5 Å². The van der Waals surface area contributed by atoms with Gasteiger partial charge in [0.2, 0.25) is 0 Å². The summed E-state index contributed by atoms with van der Waals surface area (Å²) in [7, 11) is 0. The first-order chi connectivity index (χ1) is 7.68. The molecule has 0 aliphatic heterocycles. The number of aromatic nitrogens is 2. The number of amides is 1. The fourth-order valence-electron chi connectivity index (χ4n) is 1.23. The van der Waals surface area contributed by atoms with Gasteiger partial charge in [0.1, 0.15) is 0 Å². The quantitative estimate of drug-likeness (QED) is 0.867. The summed E-state index contributed by atoms with van der Waals surface area (Å²) in [5, 5.41) is 9.54. The maximum absolute atomic E-state index is 11.8. The van der Waals surface area contributed by atoms with E-state index in [1.54, 1.807) is 24.4 Å². The average Bonchev–Trinajstić information content (AvgIpc) is 2.70. The number of rotatable bonds is 2. The minimum absolute atomic E-state index is 0.257. The van der Waals surface area contributed by atoms with E-state index in [1.165, 1.54) is 6.20 Å². The van der Waals surface area contributed by atoms with Crippen molar-refractivity contribution in [3.05, 3.63) is 46.2 Å². The number of anilines is 1. The van der Waals surface area contributed by atoms with Crippen LogP contribution < -0.4 is 5.32 Å². The second-order valence-corrected chi connectivity index (χ2v) is 3.85. The van der Waals surface area contributed by atoms with Crippen LogP contribution in [0.2, 0.25) is 10.0 Å².